The van der Waals surface area contributed by atoms with Gasteiger partial charge in [0, 0.05) is 42.8 Å². The first-order valence-electron chi connectivity index (χ1n) is 9.87. The van der Waals surface area contributed by atoms with Crippen molar-refractivity contribution < 1.29 is 13.9 Å². The first-order chi connectivity index (χ1) is 13.1. The van der Waals surface area contributed by atoms with Crippen LogP contribution >= 0.6 is 24.0 Å². The van der Waals surface area contributed by atoms with Gasteiger partial charge < -0.3 is 25.0 Å². The van der Waals surface area contributed by atoms with Crippen molar-refractivity contribution in [2.24, 2.45) is 4.99 Å². The third kappa shape index (κ3) is 6.18. The van der Waals surface area contributed by atoms with Gasteiger partial charge in [-0.1, -0.05) is 0 Å². The molecule has 2 N–H and O–H groups in total. The van der Waals surface area contributed by atoms with Gasteiger partial charge in [-0.2, -0.15) is 0 Å². The minimum absolute atomic E-state index is 0. The van der Waals surface area contributed by atoms with Gasteiger partial charge in [-0.25, -0.2) is 9.38 Å². The molecule has 0 atom stereocenters. The van der Waals surface area contributed by atoms with Crippen molar-refractivity contribution in [1.82, 2.24) is 15.5 Å². The first kappa shape index (κ1) is 23.2. The van der Waals surface area contributed by atoms with E-state index in [1.807, 2.05) is 6.92 Å². The van der Waals surface area contributed by atoms with Crippen LogP contribution in [0.2, 0.25) is 0 Å². The molecule has 6 nitrogen and oxygen atoms in total. The van der Waals surface area contributed by atoms with Crippen LogP contribution in [0.5, 0.6) is 5.75 Å². The SMILES string of the molecule is CCNC(=NCc1cc(F)cc2c1OCOC2)NC1CCN(C(C)C)CC1.I. The van der Waals surface area contributed by atoms with Crippen molar-refractivity contribution in [2.75, 3.05) is 26.4 Å². The van der Waals surface area contributed by atoms with Crippen LogP contribution in [-0.2, 0) is 17.9 Å². The molecule has 1 fully saturated rings. The van der Waals surface area contributed by atoms with Gasteiger partial charge >= 0.3 is 0 Å². The standard InChI is InChI=1S/C20H31FN4O2.HI/c1-4-22-20(24-18-5-7-25(8-6-18)14(2)3)23-11-15-9-17(21)10-16-12-26-13-27-19(15)16;/h9-10,14,18H,4-8,11-13H2,1-3H3,(H2,22,23,24);1H. The average molecular weight is 506 g/mol. The highest BCUT2D eigenvalue weighted by atomic mass is 127. The highest BCUT2D eigenvalue weighted by Gasteiger charge is 2.22. The van der Waals surface area contributed by atoms with E-state index in [0.29, 0.717) is 31.0 Å². The molecule has 0 spiro atoms. The summed E-state index contributed by atoms with van der Waals surface area (Å²) in [4.78, 5) is 7.18. The molecule has 0 unspecified atom stereocenters. The first-order valence-corrected chi connectivity index (χ1v) is 9.87. The molecule has 0 aliphatic carbocycles. The van der Waals surface area contributed by atoms with Crippen LogP contribution in [0.15, 0.2) is 17.1 Å². The molecule has 1 aromatic carbocycles. The van der Waals surface area contributed by atoms with Crippen LogP contribution in [0.1, 0.15) is 44.7 Å². The number of benzene rings is 1. The van der Waals surface area contributed by atoms with Gasteiger partial charge in [0.1, 0.15) is 11.6 Å². The molecule has 8 heteroatoms. The maximum absolute atomic E-state index is 13.9. The van der Waals surface area contributed by atoms with E-state index in [1.165, 1.54) is 12.1 Å². The highest BCUT2D eigenvalue weighted by Crippen LogP contribution is 2.29. The van der Waals surface area contributed by atoms with E-state index in [1.54, 1.807) is 0 Å². The average Bonchev–Trinajstić information content (AvgIpc) is 2.66. The van der Waals surface area contributed by atoms with Gasteiger partial charge in [0.05, 0.1) is 13.2 Å². The molecule has 0 bridgehead atoms. The monoisotopic (exact) mass is 506 g/mol. The van der Waals surface area contributed by atoms with Gasteiger partial charge in [-0.3, -0.25) is 0 Å². The summed E-state index contributed by atoms with van der Waals surface area (Å²) in [6.07, 6.45) is 2.19. The van der Waals surface area contributed by atoms with Gasteiger partial charge in [-0.05, 0) is 45.7 Å². The molecule has 0 aromatic heterocycles. The van der Waals surface area contributed by atoms with E-state index >= 15 is 0 Å². The Kier molecular flexibility index (Phi) is 9.23. The number of aliphatic imine (C=N–C) groups is 1. The van der Waals surface area contributed by atoms with Crippen LogP contribution in [0.4, 0.5) is 4.39 Å². The zero-order chi connectivity index (χ0) is 19.2. The maximum atomic E-state index is 13.9. The maximum Gasteiger partial charge on any atom is 0.191 e. The second-order valence-corrected chi connectivity index (χ2v) is 7.41. The molecule has 2 aliphatic rings. The summed E-state index contributed by atoms with van der Waals surface area (Å²) in [5, 5.41) is 6.83. The molecular formula is C20H32FIN4O2. The number of nitrogens with one attached hydrogen (secondary N) is 2. The molecule has 28 heavy (non-hydrogen) atoms. The van der Waals surface area contributed by atoms with E-state index in [9.17, 15) is 4.39 Å². The fourth-order valence-corrected chi connectivity index (χ4v) is 3.61. The zero-order valence-electron chi connectivity index (χ0n) is 17.0. The molecular weight excluding hydrogens is 474 g/mol. The smallest absolute Gasteiger partial charge is 0.191 e. The summed E-state index contributed by atoms with van der Waals surface area (Å²) in [6.45, 7) is 10.4. The number of rotatable bonds is 5. The fourth-order valence-electron chi connectivity index (χ4n) is 3.61. The van der Waals surface area contributed by atoms with E-state index in [4.69, 9.17) is 9.47 Å². The Balaban J connectivity index is 0.00000280. The van der Waals surface area contributed by atoms with Gasteiger partial charge in [0.2, 0.25) is 0 Å². The largest absolute Gasteiger partial charge is 0.467 e. The third-order valence-electron chi connectivity index (χ3n) is 5.10. The van der Waals surface area contributed by atoms with Gasteiger partial charge in [-0.15, -0.1) is 24.0 Å². The predicted molar refractivity (Wildman–Crippen MR) is 120 cm³/mol. The molecule has 2 aliphatic heterocycles. The molecule has 2 heterocycles. The number of hydrogen-bond acceptors (Lipinski definition) is 4. The van der Waals surface area contributed by atoms with Crippen molar-refractivity contribution in [3.05, 3.63) is 29.1 Å². The van der Waals surface area contributed by atoms with Gasteiger partial charge in [0.25, 0.3) is 0 Å². The predicted octanol–water partition coefficient (Wildman–Crippen LogP) is 3.24. The van der Waals surface area contributed by atoms with E-state index in [-0.39, 0.29) is 36.6 Å². The lowest BCUT2D eigenvalue weighted by Gasteiger charge is -2.35. The van der Waals surface area contributed by atoms with Crippen molar-refractivity contribution in [1.29, 1.82) is 0 Å². The van der Waals surface area contributed by atoms with Crippen LogP contribution in [0, 0.1) is 5.82 Å². The summed E-state index contributed by atoms with van der Waals surface area (Å²) in [6, 6.07) is 3.96. The summed E-state index contributed by atoms with van der Waals surface area (Å²) in [5.41, 5.74) is 1.49. The quantitative estimate of drug-likeness (QED) is 0.365. The van der Waals surface area contributed by atoms with Gasteiger partial charge in [0.15, 0.2) is 12.8 Å². The van der Waals surface area contributed by atoms with Crippen LogP contribution < -0.4 is 15.4 Å². The molecule has 1 saturated heterocycles. The number of hydrogen-bond donors (Lipinski definition) is 2. The second kappa shape index (κ2) is 11.2. The Labute approximate surface area is 184 Å². The minimum Gasteiger partial charge on any atom is -0.467 e. The number of nitrogens with zero attached hydrogens (tertiary/aromatic N) is 2. The normalized spacial score (nSPS) is 18.2. The van der Waals surface area contributed by atoms with Crippen molar-refractivity contribution >= 4 is 29.9 Å². The topological polar surface area (TPSA) is 58.1 Å². The second-order valence-electron chi connectivity index (χ2n) is 7.41. The third-order valence-corrected chi connectivity index (χ3v) is 5.10. The van der Waals surface area contributed by atoms with Crippen molar-refractivity contribution in [2.45, 2.75) is 58.8 Å². The number of likely N-dealkylation sites (tertiary alicyclic amines) is 1. The lowest BCUT2D eigenvalue weighted by molar-refractivity contribution is -0.0172. The van der Waals surface area contributed by atoms with Crippen LogP contribution in [0.25, 0.3) is 0 Å². The van der Waals surface area contributed by atoms with E-state index in [0.717, 1.165) is 49.6 Å². The zero-order valence-corrected chi connectivity index (χ0v) is 19.3. The van der Waals surface area contributed by atoms with E-state index < -0.39 is 0 Å². The lowest BCUT2D eigenvalue weighted by atomic mass is 10.0. The Hall–Kier alpha value is -1.13. The Morgan fingerprint density at radius 1 is 1.32 bits per heavy atom. The van der Waals surface area contributed by atoms with Crippen LogP contribution in [0.3, 0.4) is 0 Å². The fraction of sp³-hybridized carbons (Fsp3) is 0.650. The summed E-state index contributed by atoms with van der Waals surface area (Å²) < 4.78 is 24.7. The van der Waals surface area contributed by atoms with Crippen molar-refractivity contribution in [3.8, 4) is 5.75 Å². The summed E-state index contributed by atoms with van der Waals surface area (Å²) in [7, 11) is 0. The molecule has 0 radical (unpaired) electrons. The molecule has 3 rings (SSSR count). The number of guanidine groups is 1. The lowest BCUT2D eigenvalue weighted by Crippen LogP contribution is -2.49. The number of halogens is 2. The molecule has 1 aromatic rings. The molecule has 0 amide bonds. The molecule has 158 valence electrons. The minimum atomic E-state index is -0.285. The van der Waals surface area contributed by atoms with Crippen LogP contribution in [-0.4, -0.2) is 49.4 Å². The number of piperidine rings is 1. The Bertz CT molecular complexity index is 664. The van der Waals surface area contributed by atoms with Crippen molar-refractivity contribution in [3.63, 3.8) is 0 Å². The molecule has 0 saturated carbocycles. The number of ether oxygens (including phenoxy) is 2. The Morgan fingerprint density at radius 3 is 2.75 bits per heavy atom. The number of fused-ring (bicyclic) bond motifs is 1. The summed E-state index contributed by atoms with van der Waals surface area (Å²) in [5.74, 6) is 1.19. The Morgan fingerprint density at radius 2 is 2.07 bits per heavy atom. The summed E-state index contributed by atoms with van der Waals surface area (Å²) >= 11 is 0. The van der Waals surface area contributed by atoms with E-state index in [2.05, 4.69) is 34.4 Å². The highest BCUT2D eigenvalue weighted by molar-refractivity contribution is 14.0.